The van der Waals surface area contributed by atoms with Crippen molar-refractivity contribution < 1.29 is 4.79 Å². The van der Waals surface area contributed by atoms with E-state index in [9.17, 15) is 4.79 Å². The third-order valence-corrected chi connectivity index (χ3v) is 4.44. The zero-order valence-electron chi connectivity index (χ0n) is 11.6. The molecule has 0 bridgehead atoms. The maximum atomic E-state index is 12.5. The third kappa shape index (κ3) is 3.79. The molecule has 1 unspecified atom stereocenters. The highest BCUT2D eigenvalue weighted by molar-refractivity contribution is 9.10. The molecular formula is C16H14BrCl2NO. The number of benzene rings is 2. The van der Waals surface area contributed by atoms with Gasteiger partial charge in [-0.15, -0.1) is 0 Å². The summed E-state index contributed by atoms with van der Waals surface area (Å²) in [6.07, 6.45) is 0. The summed E-state index contributed by atoms with van der Waals surface area (Å²) >= 11 is 15.5. The quantitative estimate of drug-likeness (QED) is 0.673. The summed E-state index contributed by atoms with van der Waals surface area (Å²) in [6, 6.07) is 12.5. The second-order valence-corrected chi connectivity index (χ2v) is 6.53. The Bertz CT molecular complexity index is 675. The Labute approximate surface area is 142 Å². The second kappa shape index (κ2) is 6.82. The van der Waals surface area contributed by atoms with Gasteiger partial charge in [0.25, 0.3) is 5.91 Å². The first-order valence-electron chi connectivity index (χ1n) is 6.38. The van der Waals surface area contributed by atoms with Crippen LogP contribution in [-0.2, 0) is 0 Å². The number of nitrogens with zero attached hydrogens (tertiary/aromatic N) is 1. The van der Waals surface area contributed by atoms with E-state index in [-0.39, 0.29) is 11.9 Å². The highest BCUT2D eigenvalue weighted by atomic mass is 79.9. The third-order valence-electron chi connectivity index (χ3n) is 3.39. The van der Waals surface area contributed by atoms with Crippen LogP contribution in [0.25, 0.3) is 0 Å². The maximum Gasteiger partial charge on any atom is 0.254 e. The van der Waals surface area contributed by atoms with E-state index >= 15 is 0 Å². The lowest BCUT2D eigenvalue weighted by atomic mass is 10.1. The van der Waals surface area contributed by atoms with E-state index in [1.807, 2.05) is 25.1 Å². The molecule has 0 aromatic heterocycles. The van der Waals surface area contributed by atoms with Crippen molar-refractivity contribution in [3.8, 4) is 0 Å². The van der Waals surface area contributed by atoms with Gasteiger partial charge in [-0.05, 0) is 42.8 Å². The lowest BCUT2D eigenvalue weighted by Gasteiger charge is -2.26. The zero-order valence-corrected chi connectivity index (χ0v) is 14.7. The molecule has 0 aliphatic heterocycles. The smallest absolute Gasteiger partial charge is 0.254 e. The van der Waals surface area contributed by atoms with E-state index in [0.717, 1.165) is 10.0 Å². The van der Waals surface area contributed by atoms with Gasteiger partial charge in [0.1, 0.15) is 0 Å². The summed E-state index contributed by atoms with van der Waals surface area (Å²) in [5.74, 6) is -0.0604. The van der Waals surface area contributed by atoms with Crippen LogP contribution in [-0.4, -0.2) is 17.9 Å². The molecule has 21 heavy (non-hydrogen) atoms. The standard InChI is InChI=1S/C16H14BrCl2NO/c1-10(14-7-6-13(18)9-15(14)19)20(2)16(21)11-4-3-5-12(17)8-11/h3-10H,1-2H3. The van der Waals surface area contributed by atoms with Crippen LogP contribution in [0, 0.1) is 0 Å². The van der Waals surface area contributed by atoms with Crippen molar-refractivity contribution >= 4 is 45.0 Å². The fourth-order valence-electron chi connectivity index (χ4n) is 2.05. The Kier molecular flexibility index (Phi) is 5.31. The van der Waals surface area contributed by atoms with E-state index in [1.165, 1.54) is 0 Å². The summed E-state index contributed by atoms with van der Waals surface area (Å²) in [5.41, 5.74) is 1.50. The number of halogens is 3. The van der Waals surface area contributed by atoms with Gasteiger partial charge in [0.2, 0.25) is 0 Å². The molecule has 0 aliphatic carbocycles. The Hall–Kier alpha value is -1.03. The van der Waals surface area contributed by atoms with Gasteiger partial charge in [-0.1, -0.05) is 51.3 Å². The molecule has 0 N–H and O–H groups in total. The van der Waals surface area contributed by atoms with Crippen molar-refractivity contribution in [3.63, 3.8) is 0 Å². The van der Waals surface area contributed by atoms with Crippen molar-refractivity contribution in [2.24, 2.45) is 0 Å². The van der Waals surface area contributed by atoms with E-state index in [2.05, 4.69) is 15.9 Å². The lowest BCUT2D eigenvalue weighted by Crippen LogP contribution is -2.29. The Morgan fingerprint density at radius 2 is 1.90 bits per heavy atom. The molecule has 2 aromatic carbocycles. The van der Waals surface area contributed by atoms with Crippen LogP contribution in [0.15, 0.2) is 46.9 Å². The minimum Gasteiger partial charge on any atom is -0.335 e. The van der Waals surface area contributed by atoms with Gasteiger partial charge in [0.15, 0.2) is 0 Å². The van der Waals surface area contributed by atoms with Crippen molar-refractivity contribution in [2.45, 2.75) is 13.0 Å². The summed E-state index contributed by atoms with van der Waals surface area (Å²) in [7, 11) is 1.76. The molecule has 0 radical (unpaired) electrons. The van der Waals surface area contributed by atoms with Gasteiger partial charge in [-0.2, -0.15) is 0 Å². The first-order valence-corrected chi connectivity index (χ1v) is 7.92. The molecule has 110 valence electrons. The SMILES string of the molecule is CC(c1ccc(Cl)cc1Cl)N(C)C(=O)c1cccc(Br)c1. The highest BCUT2D eigenvalue weighted by Gasteiger charge is 2.21. The van der Waals surface area contributed by atoms with Gasteiger partial charge in [-0.25, -0.2) is 0 Å². The number of carbonyl (C=O) groups excluding carboxylic acids is 1. The fourth-order valence-corrected chi connectivity index (χ4v) is 3.02. The van der Waals surface area contributed by atoms with Gasteiger partial charge < -0.3 is 4.90 Å². The summed E-state index contributed by atoms with van der Waals surface area (Å²) in [6.45, 7) is 1.94. The van der Waals surface area contributed by atoms with Gasteiger partial charge in [0.05, 0.1) is 6.04 Å². The molecule has 0 aliphatic rings. The van der Waals surface area contributed by atoms with Gasteiger partial charge in [0, 0.05) is 27.1 Å². The Morgan fingerprint density at radius 1 is 1.19 bits per heavy atom. The second-order valence-electron chi connectivity index (χ2n) is 4.77. The molecule has 0 heterocycles. The molecule has 0 saturated heterocycles. The molecule has 2 nitrogen and oxygen atoms in total. The van der Waals surface area contributed by atoms with E-state index in [1.54, 1.807) is 36.2 Å². The lowest BCUT2D eigenvalue weighted by molar-refractivity contribution is 0.0742. The minimum atomic E-state index is -0.152. The summed E-state index contributed by atoms with van der Waals surface area (Å²) in [5, 5.41) is 1.14. The molecule has 1 atom stereocenters. The molecule has 0 spiro atoms. The number of amides is 1. The normalized spacial score (nSPS) is 12.0. The molecule has 1 amide bonds. The maximum absolute atomic E-state index is 12.5. The number of hydrogen-bond donors (Lipinski definition) is 0. The largest absolute Gasteiger partial charge is 0.335 e. The molecule has 5 heteroatoms. The molecule has 2 rings (SSSR count). The predicted octanol–water partition coefficient (Wildman–Crippen LogP) is 5.59. The fraction of sp³-hybridized carbons (Fsp3) is 0.188. The van der Waals surface area contributed by atoms with Crippen LogP contribution < -0.4 is 0 Å². The molecule has 2 aromatic rings. The van der Waals surface area contributed by atoms with Crippen molar-refractivity contribution in [1.82, 2.24) is 4.90 Å². The van der Waals surface area contributed by atoms with E-state index in [4.69, 9.17) is 23.2 Å². The van der Waals surface area contributed by atoms with Crippen LogP contribution in [0.1, 0.15) is 28.9 Å². The monoisotopic (exact) mass is 385 g/mol. The van der Waals surface area contributed by atoms with E-state index in [0.29, 0.717) is 15.6 Å². The first-order chi connectivity index (χ1) is 9.90. The van der Waals surface area contributed by atoms with Gasteiger partial charge >= 0.3 is 0 Å². The average Bonchev–Trinajstić information content (AvgIpc) is 2.45. The van der Waals surface area contributed by atoms with E-state index < -0.39 is 0 Å². The number of rotatable bonds is 3. The summed E-state index contributed by atoms with van der Waals surface area (Å²) < 4.78 is 0.874. The molecule has 0 saturated carbocycles. The topological polar surface area (TPSA) is 20.3 Å². The Morgan fingerprint density at radius 3 is 2.52 bits per heavy atom. The number of hydrogen-bond acceptors (Lipinski definition) is 1. The predicted molar refractivity (Wildman–Crippen MR) is 91.1 cm³/mol. The minimum absolute atomic E-state index is 0.0604. The van der Waals surface area contributed by atoms with Crippen LogP contribution in [0.4, 0.5) is 0 Å². The van der Waals surface area contributed by atoms with Gasteiger partial charge in [-0.3, -0.25) is 4.79 Å². The van der Waals surface area contributed by atoms with Crippen LogP contribution >= 0.6 is 39.1 Å². The van der Waals surface area contributed by atoms with Crippen molar-refractivity contribution in [3.05, 3.63) is 68.1 Å². The van der Waals surface area contributed by atoms with Crippen molar-refractivity contribution in [2.75, 3.05) is 7.05 Å². The highest BCUT2D eigenvalue weighted by Crippen LogP contribution is 2.30. The average molecular weight is 387 g/mol. The molecule has 0 fully saturated rings. The number of carbonyl (C=O) groups is 1. The van der Waals surface area contributed by atoms with Crippen LogP contribution in [0.5, 0.6) is 0 Å². The first kappa shape index (κ1) is 16.3. The zero-order chi connectivity index (χ0) is 15.6. The van der Waals surface area contributed by atoms with Crippen molar-refractivity contribution in [1.29, 1.82) is 0 Å². The van der Waals surface area contributed by atoms with Crippen LogP contribution in [0.2, 0.25) is 10.0 Å². The molecular weight excluding hydrogens is 373 g/mol. The Balaban J connectivity index is 2.26. The summed E-state index contributed by atoms with van der Waals surface area (Å²) in [4.78, 5) is 14.2. The van der Waals surface area contributed by atoms with Crippen LogP contribution in [0.3, 0.4) is 0 Å².